The summed E-state index contributed by atoms with van der Waals surface area (Å²) >= 11 is 0. The molecule has 0 amide bonds. The molecule has 192 valence electrons. The van der Waals surface area contributed by atoms with Crippen molar-refractivity contribution in [2.75, 3.05) is 13.2 Å². The first-order valence-corrected chi connectivity index (χ1v) is 12.3. The number of ether oxygens (including phenoxy) is 6. The molecule has 37 heavy (non-hydrogen) atoms. The Morgan fingerprint density at radius 2 is 1.54 bits per heavy atom. The van der Waals surface area contributed by atoms with Crippen LogP contribution in [0.15, 0.2) is 104 Å². The Labute approximate surface area is 216 Å². The van der Waals surface area contributed by atoms with E-state index in [2.05, 4.69) is 6.58 Å². The summed E-state index contributed by atoms with van der Waals surface area (Å²) in [7, 11) is 0. The molecule has 1 unspecified atom stereocenters. The van der Waals surface area contributed by atoms with Crippen LogP contribution in [0.3, 0.4) is 0 Å². The van der Waals surface area contributed by atoms with E-state index >= 15 is 0 Å². The number of esters is 1. The summed E-state index contributed by atoms with van der Waals surface area (Å²) in [5.41, 5.74) is 2.26. The van der Waals surface area contributed by atoms with Crippen LogP contribution in [0.5, 0.6) is 0 Å². The summed E-state index contributed by atoms with van der Waals surface area (Å²) in [4.78, 5) is 13.2. The molecule has 2 fully saturated rings. The van der Waals surface area contributed by atoms with Crippen LogP contribution < -0.4 is 0 Å². The normalized spacial score (nSPS) is 27.1. The molecule has 0 radical (unpaired) electrons. The molecule has 0 spiro atoms. The molecule has 2 saturated heterocycles. The van der Waals surface area contributed by atoms with Crippen LogP contribution in [0.1, 0.15) is 27.8 Å². The molecule has 7 heteroatoms. The van der Waals surface area contributed by atoms with E-state index in [9.17, 15) is 4.79 Å². The van der Waals surface area contributed by atoms with Crippen molar-refractivity contribution in [3.8, 4) is 0 Å². The van der Waals surface area contributed by atoms with E-state index in [1.807, 2.05) is 66.7 Å². The third-order valence-electron chi connectivity index (χ3n) is 6.27. The number of benzene rings is 3. The Bertz CT molecular complexity index is 1140. The highest BCUT2D eigenvalue weighted by Crippen LogP contribution is 2.37. The van der Waals surface area contributed by atoms with Gasteiger partial charge in [0.25, 0.3) is 0 Å². The fraction of sp³-hybridized carbons (Fsp3) is 0.300. The van der Waals surface area contributed by atoms with Gasteiger partial charge < -0.3 is 28.4 Å². The van der Waals surface area contributed by atoms with Gasteiger partial charge in [0.15, 0.2) is 18.7 Å². The second-order valence-corrected chi connectivity index (χ2v) is 8.84. The Morgan fingerprint density at radius 3 is 2.24 bits per heavy atom. The smallest absolute Gasteiger partial charge is 0.338 e. The number of hydrogen-bond donors (Lipinski definition) is 0. The first-order chi connectivity index (χ1) is 18.2. The van der Waals surface area contributed by atoms with Crippen molar-refractivity contribution in [2.24, 2.45) is 0 Å². The summed E-state index contributed by atoms with van der Waals surface area (Å²) in [6, 6.07) is 28.2. The first kappa shape index (κ1) is 25.3. The van der Waals surface area contributed by atoms with E-state index in [1.54, 1.807) is 30.3 Å². The highest BCUT2D eigenvalue weighted by atomic mass is 16.8. The number of hydrogen-bond acceptors (Lipinski definition) is 7. The zero-order valence-corrected chi connectivity index (χ0v) is 20.4. The summed E-state index contributed by atoms with van der Waals surface area (Å²) in [5, 5.41) is 0. The summed E-state index contributed by atoms with van der Waals surface area (Å²) in [5.74, 6) is -0.478. The lowest BCUT2D eigenvalue weighted by Gasteiger charge is -2.48. The van der Waals surface area contributed by atoms with Crippen molar-refractivity contribution in [3.63, 3.8) is 0 Å². The highest BCUT2D eigenvalue weighted by Gasteiger charge is 2.53. The minimum Gasteiger partial charge on any atom is -0.453 e. The van der Waals surface area contributed by atoms with Crippen LogP contribution >= 0.6 is 0 Å². The zero-order chi connectivity index (χ0) is 25.5. The SMILES string of the molecule is C=CCO[C@@H]1O[C@@H]2COC(c3ccccc3)O[C@@H]2[C@H](OC(=O)c2ccccc2)[C@H]1OCc1ccccc1. The molecule has 2 aliphatic heterocycles. The quantitative estimate of drug-likeness (QED) is 0.306. The predicted molar refractivity (Wildman–Crippen MR) is 135 cm³/mol. The monoisotopic (exact) mass is 502 g/mol. The van der Waals surface area contributed by atoms with E-state index in [1.165, 1.54) is 0 Å². The molecule has 3 aromatic carbocycles. The van der Waals surface area contributed by atoms with Crippen molar-refractivity contribution in [1.82, 2.24) is 0 Å². The van der Waals surface area contributed by atoms with Gasteiger partial charge in [0.1, 0.15) is 18.3 Å². The van der Waals surface area contributed by atoms with Gasteiger partial charge in [0, 0.05) is 5.56 Å². The van der Waals surface area contributed by atoms with Gasteiger partial charge in [-0.1, -0.05) is 84.9 Å². The van der Waals surface area contributed by atoms with Crippen LogP contribution in [0.2, 0.25) is 0 Å². The van der Waals surface area contributed by atoms with E-state index in [0.717, 1.165) is 11.1 Å². The molecule has 2 heterocycles. The number of rotatable bonds is 9. The fourth-order valence-corrected chi connectivity index (χ4v) is 4.47. The Kier molecular flexibility index (Phi) is 8.40. The molecule has 0 bridgehead atoms. The van der Waals surface area contributed by atoms with Crippen molar-refractivity contribution in [1.29, 1.82) is 0 Å². The minimum atomic E-state index is -0.822. The van der Waals surface area contributed by atoms with Crippen LogP contribution in [-0.4, -0.2) is 49.9 Å². The number of carbonyl (C=O) groups excluding carboxylic acids is 1. The average molecular weight is 503 g/mol. The molecule has 5 rings (SSSR count). The lowest BCUT2D eigenvalue weighted by Crippen LogP contribution is -2.64. The van der Waals surface area contributed by atoms with Crippen molar-refractivity contribution < 1.29 is 33.2 Å². The fourth-order valence-electron chi connectivity index (χ4n) is 4.47. The molecular weight excluding hydrogens is 472 g/mol. The second kappa shape index (κ2) is 12.3. The van der Waals surface area contributed by atoms with Crippen molar-refractivity contribution in [2.45, 2.75) is 43.6 Å². The molecule has 7 nitrogen and oxygen atoms in total. The third kappa shape index (κ3) is 6.15. The van der Waals surface area contributed by atoms with Gasteiger partial charge in [0.2, 0.25) is 0 Å². The van der Waals surface area contributed by atoms with Crippen LogP contribution in [0.25, 0.3) is 0 Å². The predicted octanol–water partition coefficient (Wildman–Crippen LogP) is 4.84. The maximum atomic E-state index is 13.2. The van der Waals surface area contributed by atoms with Gasteiger partial charge in [0.05, 0.1) is 25.4 Å². The molecular formula is C30H30O7. The van der Waals surface area contributed by atoms with Gasteiger partial charge in [-0.05, 0) is 17.7 Å². The minimum absolute atomic E-state index is 0.237. The first-order valence-electron chi connectivity index (χ1n) is 12.3. The maximum absolute atomic E-state index is 13.2. The van der Waals surface area contributed by atoms with E-state index in [0.29, 0.717) is 5.56 Å². The lowest BCUT2D eigenvalue weighted by atomic mass is 9.97. The highest BCUT2D eigenvalue weighted by molar-refractivity contribution is 5.89. The molecule has 0 aliphatic carbocycles. The standard InChI is InChI=1S/C30H30O7/c1-2-18-32-30-27(33-19-21-12-6-3-7-13-21)26(36-28(31)22-14-8-4-9-15-22)25-24(35-30)20-34-29(37-25)23-16-10-5-11-17-23/h2-17,24-27,29-30H,1,18-20H2/t24-,25+,26+,27-,29?,30-/m1/s1. The topological polar surface area (TPSA) is 72.5 Å². The molecule has 0 N–H and O–H groups in total. The number of fused-ring (bicyclic) bond motifs is 1. The third-order valence-corrected chi connectivity index (χ3v) is 6.27. The van der Waals surface area contributed by atoms with Crippen LogP contribution in [0.4, 0.5) is 0 Å². The number of carbonyl (C=O) groups is 1. The Morgan fingerprint density at radius 1 is 0.865 bits per heavy atom. The van der Waals surface area contributed by atoms with Gasteiger partial charge >= 0.3 is 5.97 Å². The van der Waals surface area contributed by atoms with E-state index in [-0.39, 0.29) is 19.8 Å². The lowest BCUT2D eigenvalue weighted by molar-refractivity contribution is -0.364. The molecule has 0 saturated carbocycles. The van der Waals surface area contributed by atoms with Gasteiger partial charge in [-0.2, -0.15) is 0 Å². The maximum Gasteiger partial charge on any atom is 0.338 e. The second-order valence-electron chi connectivity index (χ2n) is 8.84. The zero-order valence-electron chi connectivity index (χ0n) is 20.4. The van der Waals surface area contributed by atoms with E-state index < -0.39 is 43.0 Å². The largest absolute Gasteiger partial charge is 0.453 e. The summed E-state index contributed by atoms with van der Waals surface area (Å²) in [6.07, 6.45) is -2.57. The Hall–Kier alpha value is -3.33. The molecule has 0 aromatic heterocycles. The molecule has 3 aromatic rings. The van der Waals surface area contributed by atoms with Crippen LogP contribution in [-0.2, 0) is 35.0 Å². The van der Waals surface area contributed by atoms with E-state index in [4.69, 9.17) is 28.4 Å². The van der Waals surface area contributed by atoms with Gasteiger partial charge in [-0.15, -0.1) is 6.58 Å². The van der Waals surface area contributed by atoms with Crippen molar-refractivity contribution in [3.05, 3.63) is 120 Å². The van der Waals surface area contributed by atoms with Crippen molar-refractivity contribution >= 4 is 5.97 Å². The Balaban J connectivity index is 1.44. The average Bonchev–Trinajstić information content (AvgIpc) is 2.96. The molecule has 2 aliphatic rings. The molecule has 6 atom stereocenters. The van der Waals surface area contributed by atoms with Gasteiger partial charge in [-0.25, -0.2) is 4.79 Å². The van der Waals surface area contributed by atoms with Gasteiger partial charge in [-0.3, -0.25) is 0 Å². The summed E-state index contributed by atoms with van der Waals surface area (Å²) < 4.78 is 37.0. The van der Waals surface area contributed by atoms with Crippen LogP contribution in [0, 0.1) is 0 Å². The summed E-state index contributed by atoms with van der Waals surface area (Å²) in [6.45, 7) is 4.49.